The lowest BCUT2D eigenvalue weighted by molar-refractivity contribution is -0.181. The number of sulfone groups is 1. The minimum absolute atomic E-state index is 0.191. The molecule has 3 amide bonds. The summed E-state index contributed by atoms with van der Waals surface area (Å²) < 4.78 is 33.3. The van der Waals surface area contributed by atoms with Crippen molar-refractivity contribution in [1.29, 1.82) is 0 Å². The van der Waals surface area contributed by atoms with Gasteiger partial charge in [-0.25, -0.2) is 18.0 Å². The van der Waals surface area contributed by atoms with Gasteiger partial charge in [0.25, 0.3) is 0 Å². The summed E-state index contributed by atoms with van der Waals surface area (Å²) in [5, 5.41) is 1.07. The van der Waals surface area contributed by atoms with E-state index >= 15 is 0 Å². The van der Waals surface area contributed by atoms with E-state index in [1.54, 1.807) is 44.2 Å². The van der Waals surface area contributed by atoms with Gasteiger partial charge in [-0.3, -0.25) is 14.4 Å². The SMILES string of the molecule is CC1(C)S[C@@H]2[C@@H](NC(=O)[C@H](N)c3ccccc3)C(=O)N2[C@H]1C(=O)OCOC(=O)[C@@H]1N2C(=O)C[C@@H]2S(=O)(=O)C1(C)C. The molecule has 4 heterocycles. The van der Waals surface area contributed by atoms with E-state index in [1.807, 2.05) is 0 Å². The quantitative estimate of drug-likeness (QED) is 0.234. The number of nitrogens with one attached hydrogen (secondary N) is 1. The third kappa shape index (κ3) is 4.08. The molecule has 3 N–H and O–H groups in total. The number of ether oxygens (including phenoxy) is 2. The summed E-state index contributed by atoms with van der Waals surface area (Å²) in [5.74, 6) is -3.32. The van der Waals surface area contributed by atoms with Crippen LogP contribution in [0.5, 0.6) is 0 Å². The highest BCUT2D eigenvalue weighted by Gasteiger charge is 2.68. The van der Waals surface area contributed by atoms with Gasteiger partial charge >= 0.3 is 11.9 Å². The number of benzene rings is 1. The molecular weight excluding hydrogens is 564 g/mol. The number of amides is 3. The Morgan fingerprint density at radius 1 is 1.05 bits per heavy atom. The number of esters is 2. The molecule has 0 radical (unpaired) electrons. The highest BCUT2D eigenvalue weighted by atomic mass is 32.2. The highest BCUT2D eigenvalue weighted by molar-refractivity contribution is 8.01. The summed E-state index contributed by atoms with van der Waals surface area (Å²) in [4.78, 5) is 65.9. The van der Waals surface area contributed by atoms with Gasteiger partial charge in [0.1, 0.15) is 34.9 Å². The average Bonchev–Trinajstić information content (AvgIpc) is 3.22. The molecule has 0 aliphatic carbocycles. The third-order valence-corrected chi connectivity index (χ3v) is 12.4. The fourth-order valence-corrected chi connectivity index (χ4v) is 9.44. The molecule has 4 aliphatic heterocycles. The Bertz CT molecular complexity index is 1400. The van der Waals surface area contributed by atoms with E-state index in [0.29, 0.717) is 5.56 Å². The highest BCUT2D eigenvalue weighted by Crippen LogP contribution is 2.51. The molecule has 13 nitrogen and oxygen atoms in total. The van der Waals surface area contributed by atoms with Crippen LogP contribution >= 0.6 is 11.8 Å². The van der Waals surface area contributed by atoms with Crippen LogP contribution in [-0.2, 0) is 43.3 Å². The van der Waals surface area contributed by atoms with Crippen molar-refractivity contribution in [3.05, 3.63) is 35.9 Å². The van der Waals surface area contributed by atoms with E-state index in [9.17, 15) is 32.4 Å². The van der Waals surface area contributed by atoms with E-state index in [4.69, 9.17) is 15.2 Å². The molecule has 0 bridgehead atoms. The Hall–Kier alpha value is -3.17. The van der Waals surface area contributed by atoms with E-state index in [0.717, 1.165) is 4.90 Å². The van der Waals surface area contributed by atoms with E-state index in [2.05, 4.69) is 5.32 Å². The Morgan fingerprint density at radius 3 is 2.25 bits per heavy atom. The molecule has 15 heteroatoms. The Kier molecular flexibility index (Phi) is 6.70. The van der Waals surface area contributed by atoms with Crippen molar-refractivity contribution in [2.45, 2.75) is 78.5 Å². The van der Waals surface area contributed by atoms with Crippen molar-refractivity contribution < 1.29 is 41.9 Å². The van der Waals surface area contributed by atoms with Crippen molar-refractivity contribution in [2.24, 2.45) is 5.73 Å². The molecule has 6 atom stereocenters. The van der Waals surface area contributed by atoms with E-state index < -0.39 is 90.7 Å². The Labute approximate surface area is 235 Å². The summed E-state index contributed by atoms with van der Waals surface area (Å²) in [6.07, 6.45) is -0.191. The van der Waals surface area contributed by atoms with Gasteiger partial charge in [-0.15, -0.1) is 11.8 Å². The predicted octanol–water partition coefficient (Wildman–Crippen LogP) is -0.589. The summed E-state index contributed by atoms with van der Waals surface area (Å²) in [6.45, 7) is 5.37. The van der Waals surface area contributed by atoms with Gasteiger partial charge in [0.2, 0.25) is 24.5 Å². The fraction of sp³-hybridized carbons (Fsp3) is 0.560. The second kappa shape index (κ2) is 9.45. The van der Waals surface area contributed by atoms with Gasteiger partial charge < -0.3 is 30.3 Å². The van der Waals surface area contributed by atoms with Gasteiger partial charge in [0, 0.05) is 4.75 Å². The summed E-state index contributed by atoms with van der Waals surface area (Å²) in [6, 6.07) is 4.45. The van der Waals surface area contributed by atoms with Crippen LogP contribution < -0.4 is 11.1 Å². The molecule has 1 aromatic carbocycles. The molecule has 0 aromatic heterocycles. The topological polar surface area (TPSA) is 182 Å². The second-order valence-electron chi connectivity index (χ2n) is 11.2. The van der Waals surface area contributed by atoms with Gasteiger partial charge in [-0.2, -0.15) is 0 Å². The van der Waals surface area contributed by atoms with Gasteiger partial charge in [-0.05, 0) is 33.3 Å². The first-order valence-corrected chi connectivity index (χ1v) is 15.0. The number of carbonyl (C=O) groups excluding carboxylic acids is 5. The summed E-state index contributed by atoms with van der Waals surface area (Å²) in [7, 11) is -3.80. The first-order valence-electron chi connectivity index (χ1n) is 12.6. The molecule has 216 valence electrons. The summed E-state index contributed by atoms with van der Waals surface area (Å²) in [5.41, 5.74) is 6.64. The fourth-order valence-electron chi connectivity index (χ4n) is 5.69. The number of carbonyl (C=O) groups is 5. The molecule has 0 saturated carbocycles. The average molecular weight is 595 g/mol. The zero-order valence-corrected chi connectivity index (χ0v) is 23.9. The number of fused-ring (bicyclic) bond motifs is 2. The van der Waals surface area contributed by atoms with Crippen LogP contribution in [0.1, 0.15) is 45.7 Å². The molecular formula is C25H30N4O9S2. The first kappa shape index (κ1) is 28.4. The van der Waals surface area contributed by atoms with Crippen LogP contribution in [0.4, 0.5) is 0 Å². The smallest absolute Gasteiger partial charge is 0.333 e. The second-order valence-corrected chi connectivity index (χ2v) is 15.6. The largest absolute Gasteiger partial charge is 0.426 e. The zero-order valence-electron chi connectivity index (χ0n) is 22.2. The molecule has 4 saturated heterocycles. The van der Waals surface area contributed by atoms with Gasteiger partial charge in [-0.1, -0.05) is 30.3 Å². The Balaban J connectivity index is 1.19. The monoisotopic (exact) mass is 594 g/mol. The normalized spacial score (nSPS) is 31.3. The number of β-lactam (4-membered cyclic amide) rings is 2. The number of hydrogen-bond donors (Lipinski definition) is 2. The minimum atomic E-state index is -3.80. The number of rotatable bonds is 7. The van der Waals surface area contributed by atoms with Gasteiger partial charge in [0.05, 0.1) is 11.2 Å². The number of hydrogen-bond acceptors (Lipinski definition) is 11. The maximum atomic E-state index is 13.0. The van der Waals surface area contributed by atoms with Crippen LogP contribution in [0.3, 0.4) is 0 Å². The molecule has 1 aromatic rings. The van der Waals surface area contributed by atoms with Crippen LogP contribution in [0, 0.1) is 0 Å². The minimum Gasteiger partial charge on any atom is -0.426 e. The molecule has 4 aliphatic rings. The van der Waals surface area contributed by atoms with Crippen molar-refractivity contribution >= 4 is 51.3 Å². The van der Waals surface area contributed by atoms with Crippen LogP contribution in [-0.4, -0.2) is 93.0 Å². The lowest BCUT2D eigenvalue weighted by atomic mass is 9.95. The van der Waals surface area contributed by atoms with Crippen LogP contribution in [0.15, 0.2) is 30.3 Å². The molecule has 5 rings (SSSR count). The standard InChI is InChI=1S/C25H30N4O9S2/c1-24(2)17(29-20(32)16(21(29)39-24)27-19(31)15(26)12-8-6-5-7-9-12)22(33)37-11-38-23(34)18-25(3,4)40(35,36)14-10-13(30)28(14)18/h5-9,14-18,21H,10-11,26H2,1-4H3,(H,27,31)/t14-,15+,16-,17-,18-,21+/m0/s1. The predicted molar refractivity (Wildman–Crippen MR) is 140 cm³/mol. The maximum Gasteiger partial charge on any atom is 0.333 e. The first-order chi connectivity index (χ1) is 18.6. The molecule has 0 unspecified atom stereocenters. The van der Waals surface area contributed by atoms with Crippen molar-refractivity contribution in [3.63, 3.8) is 0 Å². The third-order valence-electron chi connectivity index (χ3n) is 8.00. The Morgan fingerprint density at radius 2 is 1.65 bits per heavy atom. The number of thioether (sulfide) groups is 1. The van der Waals surface area contributed by atoms with Gasteiger partial charge in [0.15, 0.2) is 9.84 Å². The number of nitrogens with zero attached hydrogens (tertiary/aromatic N) is 2. The molecule has 0 spiro atoms. The van der Waals surface area contributed by atoms with Crippen molar-refractivity contribution in [3.8, 4) is 0 Å². The zero-order chi connectivity index (χ0) is 29.4. The van der Waals surface area contributed by atoms with E-state index in [-0.39, 0.29) is 6.42 Å². The molecule has 4 fully saturated rings. The lowest BCUT2D eigenvalue weighted by Gasteiger charge is -2.44. The van der Waals surface area contributed by atoms with Crippen LogP contribution in [0.2, 0.25) is 0 Å². The lowest BCUT2D eigenvalue weighted by Crippen LogP contribution is -2.71. The number of nitrogens with two attached hydrogens (primary N) is 1. The van der Waals surface area contributed by atoms with Crippen molar-refractivity contribution in [1.82, 2.24) is 15.1 Å². The van der Waals surface area contributed by atoms with Crippen LogP contribution in [0.25, 0.3) is 0 Å². The summed E-state index contributed by atoms with van der Waals surface area (Å²) >= 11 is 1.31. The van der Waals surface area contributed by atoms with Crippen molar-refractivity contribution in [2.75, 3.05) is 6.79 Å². The maximum absolute atomic E-state index is 13.0. The molecule has 40 heavy (non-hydrogen) atoms. The van der Waals surface area contributed by atoms with E-state index in [1.165, 1.54) is 30.5 Å².